The van der Waals surface area contributed by atoms with E-state index >= 15 is 0 Å². The zero-order chi connectivity index (χ0) is 26.0. The van der Waals surface area contributed by atoms with Crippen molar-refractivity contribution in [3.63, 3.8) is 0 Å². The van der Waals surface area contributed by atoms with E-state index in [0.29, 0.717) is 49.7 Å². The standard InChI is InChI=1S/C30H32N2O5/c1-3-13-31-27(34)20-12-11-18-21(24(20)29(31)36)15-22-25(30(37)32(14-4-2)28(22)35)23(18)19-10-9-16-7-5-6-8-17(16)26(19)33/h5-11,20-25,33H,3-4,12-15H2,1-2H3/t20-,21+,22+,23+,24-,25+/m0/s1. The van der Waals surface area contributed by atoms with E-state index in [2.05, 4.69) is 0 Å². The highest BCUT2D eigenvalue weighted by molar-refractivity contribution is 6.08. The Kier molecular flexibility index (Phi) is 5.70. The highest BCUT2D eigenvalue weighted by Gasteiger charge is 2.61. The molecule has 6 rings (SSSR count). The predicted octanol–water partition coefficient (Wildman–Crippen LogP) is 4.00. The molecule has 6 atom stereocenters. The average molecular weight is 501 g/mol. The van der Waals surface area contributed by atoms with Crippen LogP contribution in [0.25, 0.3) is 10.8 Å². The first kappa shape index (κ1) is 23.9. The summed E-state index contributed by atoms with van der Waals surface area (Å²) in [5.74, 6) is -3.52. The summed E-state index contributed by atoms with van der Waals surface area (Å²) in [6.07, 6.45) is 4.20. The van der Waals surface area contributed by atoms with Gasteiger partial charge in [0.15, 0.2) is 0 Å². The lowest BCUT2D eigenvalue weighted by Crippen LogP contribution is -2.43. The number of benzene rings is 2. The Morgan fingerprint density at radius 1 is 0.784 bits per heavy atom. The molecule has 4 aliphatic rings. The number of phenols is 1. The minimum Gasteiger partial charge on any atom is -0.507 e. The third-order valence-corrected chi connectivity index (χ3v) is 8.99. The molecule has 0 aromatic heterocycles. The normalized spacial score (nSPS) is 31.0. The van der Waals surface area contributed by atoms with Crippen molar-refractivity contribution in [3.05, 3.63) is 53.6 Å². The van der Waals surface area contributed by atoms with Crippen LogP contribution in [0.4, 0.5) is 0 Å². The van der Waals surface area contributed by atoms with Crippen molar-refractivity contribution < 1.29 is 24.3 Å². The fraction of sp³-hybridized carbons (Fsp3) is 0.467. The molecular formula is C30H32N2O5. The van der Waals surface area contributed by atoms with E-state index in [1.165, 1.54) is 9.80 Å². The van der Waals surface area contributed by atoms with Crippen molar-refractivity contribution in [2.75, 3.05) is 13.1 Å². The molecule has 1 N–H and O–H groups in total. The fourth-order valence-electron chi connectivity index (χ4n) is 7.48. The maximum atomic E-state index is 13.7. The number of amides is 4. The van der Waals surface area contributed by atoms with E-state index in [1.807, 2.05) is 56.3 Å². The molecule has 37 heavy (non-hydrogen) atoms. The molecule has 3 fully saturated rings. The van der Waals surface area contributed by atoms with Crippen LogP contribution in [0.3, 0.4) is 0 Å². The summed E-state index contributed by atoms with van der Waals surface area (Å²) >= 11 is 0. The monoisotopic (exact) mass is 500 g/mol. The topological polar surface area (TPSA) is 95.0 Å². The lowest BCUT2D eigenvalue weighted by Gasteiger charge is -2.44. The number of imide groups is 2. The average Bonchev–Trinajstić information content (AvgIpc) is 3.29. The largest absolute Gasteiger partial charge is 0.507 e. The molecule has 0 bridgehead atoms. The van der Waals surface area contributed by atoms with Gasteiger partial charge in [0.1, 0.15) is 5.75 Å². The van der Waals surface area contributed by atoms with E-state index in [0.717, 1.165) is 11.0 Å². The van der Waals surface area contributed by atoms with E-state index in [-0.39, 0.29) is 35.3 Å². The molecule has 2 heterocycles. The summed E-state index contributed by atoms with van der Waals surface area (Å²) in [7, 11) is 0. The number of nitrogens with zero attached hydrogens (tertiary/aromatic N) is 2. The molecule has 192 valence electrons. The summed E-state index contributed by atoms with van der Waals surface area (Å²) in [5, 5.41) is 13.0. The summed E-state index contributed by atoms with van der Waals surface area (Å²) in [5.41, 5.74) is 1.54. The molecule has 2 aromatic rings. The molecule has 2 aromatic carbocycles. The number of carbonyl (C=O) groups is 4. The van der Waals surface area contributed by atoms with Crippen LogP contribution in [-0.4, -0.2) is 51.6 Å². The molecule has 2 saturated heterocycles. The van der Waals surface area contributed by atoms with E-state index in [1.54, 1.807) is 0 Å². The van der Waals surface area contributed by atoms with Crippen LogP contribution >= 0.6 is 0 Å². The Morgan fingerprint density at radius 3 is 2.14 bits per heavy atom. The van der Waals surface area contributed by atoms with Gasteiger partial charge in [0.25, 0.3) is 0 Å². The second-order valence-electron chi connectivity index (χ2n) is 10.9. The van der Waals surface area contributed by atoms with Crippen molar-refractivity contribution in [3.8, 4) is 5.75 Å². The van der Waals surface area contributed by atoms with Gasteiger partial charge in [0, 0.05) is 30.0 Å². The number of aromatic hydroxyl groups is 1. The van der Waals surface area contributed by atoms with Gasteiger partial charge in [-0.05, 0) is 37.0 Å². The van der Waals surface area contributed by atoms with Gasteiger partial charge in [0.05, 0.1) is 23.7 Å². The maximum absolute atomic E-state index is 13.7. The predicted molar refractivity (Wildman–Crippen MR) is 137 cm³/mol. The van der Waals surface area contributed by atoms with Gasteiger partial charge in [-0.3, -0.25) is 29.0 Å². The highest BCUT2D eigenvalue weighted by atomic mass is 16.3. The van der Waals surface area contributed by atoms with Crippen LogP contribution in [-0.2, 0) is 19.2 Å². The Balaban J connectivity index is 1.51. The van der Waals surface area contributed by atoms with Gasteiger partial charge < -0.3 is 5.11 Å². The number of fused-ring (bicyclic) bond motifs is 5. The minimum atomic E-state index is -0.621. The van der Waals surface area contributed by atoms with Crippen molar-refractivity contribution >= 4 is 34.4 Å². The van der Waals surface area contributed by atoms with Crippen molar-refractivity contribution in [2.24, 2.45) is 29.6 Å². The number of hydrogen-bond donors (Lipinski definition) is 1. The molecule has 7 heteroatoms. The fourth-order valence-corrected chi connectivity index (χ4v) is 7.48. The van der Waals surface area contributed by atoms with Crippen molar-refractivity contribution in [1.29, 1.82) is 0 Å². The first-order valence-electron chi connectivity index (χ1n) is 13.5. The third-order valence-electron chi connectivity index (χ3n) is 8.99. The Hall–Kier alpha value is -3.48. The van der Waals surface area contributed by atoms with Crippen molar-refractivity contribution in [1.82, 2.24) is 9.80 Å². The zero-order valence-electron chi connectivity index (χ0n) is 21.2. The smallest absolute Gasteiger partial charge is 0.234 e. The van der Waals surface area contributed by atoms with Gasteiger partial charge in [-0.25, -0.2) is 0 Å². The van der Waals surface area contributed by atoms with Gasteiger partial charge in [-0.15, -0.1) is 0 Å². The van der Waals surface area contributed by atoms with Crippen molar-refractivity contribution in [2.45, 2.75) is 45.4 Å². The molecule has 4 amide bonds. The molecular weight excluding hydrogens is 468 g/mol. The highest BCUT2D eigenvalue weighted by Crippen LogP contribution is 2.59. The first-order chi connectivity index (χ1) is 17.9. The van der Waals surface area contributed by atoms with Gasteiger partial charge >= 0.3 is 0 Å². The summed E-state index contributed by atoms with van der Waals surface area (Å²) in [6, 6.07) is 11.3. The molecule has 2 aliphatic carbocycles. The van der Waals surface area contributed by atoms with E-state index < -0.39 is 29.6 Å². The van der Waals surface area contributed by atoms with Crippen LogP contribution in [0.1, 0.15) is 51.0 Å². The number of carbonyl (C=O) groups excluding carboxylic acids is 4. The second-order valence-corrected chi connectivity index (χ2v) is 10.9. The summed E-state index contributed by atoms with van der Waals surface area (Å²) < 4.78 is 0. The molecule has 2 aliphatic heterocycles. The first-order valence-corrected chi connectivity index (χ1v) is 13.5. The van der Waals surface area contributed by atoms with Crippen LogP contribution in [0.5, 0.6) is 5.75 Å². The molecule has 0 spiro atoms. The minimum absolute atomic E-state index is 0.112. The third kappa shape index (κ3) is 3.32. The SMILES string of the molecule is CCCN1C(=O)[C@H]2[C@H](CC=C3[C@H]2C[C@H]2C(=O)N(CCC)C(=O)[C@H]2[C@H]3c2ccc3ccccc3c2O)C1=O. The molecule has 1 saturated carbocycles. The van der Waals surface area contributed by atoms with Crippen LogP contribution in [0, 0.1) is 29.6 Å². The summed E-state index contributed by atoms with van der Waals surface area (Å²) in [4.78, 5) is 56.8. The van der Waals surface area contributed by atoms with E-state index in [9.17, 15) is 24.3 Å². The summed E-state index contributed by atoms with van der Waals surface area (Å²) in [6.45, 7) is 4.64. The zero-order valence-corrected chi connectivity index (χ0v) is 21.2. The molecule has 7 nitrogen and oxygen atoms in total. The maximum Gasteiger partial charge on any atom is 0.234 e. The number of likely N-dealkylation sites (tertiary alicyclic amines) is 2. The Morgan fingerprint density at radius 2 is 1.43 bits per heavy atom. The van der Waals surface area contributed by atoms with Crippen LogP contribution in [0.15, 0.2) is 48.0 Å². The van der Waals surface area contributed by atoms with Crippen LogP contribution < -0.4 is 0 Å². The number of phenolic OH excluding ortho intramolecular Hbond substituents is 1. The molecule has 0 radical (unpaired) electrons. The number of allylic oxidation sites excluding steroid dienone is 2. The number of hydrogen-bond acceptors (Lipinski definition) is 5. The van der Waals surface area contributed by atoms with Gasteiger partial charge in [-0.1, -0.05) is 61.9 Å². The van der Waals surface area contributed by atoms with E-state index in [4.69, 9.17) is 0 Å². The number of rotatable bonds is 5. The van der Waals surface area contributed by atoms with Gasteiger partial charge in [-0.2, -0.15) is 0 Å². The second kappa shape index (κ2) is 8.82. The Bertz CT molecular complexity index is 1360. The quantitative estimate of drug-likeness (QED) is 0.495. The van der Waals surface area contributed by atoms with Gasteiger partial charge in [0.2, 0.25) is 23.6 Å². The Labute approximate surface area is 216 Å². The lowest BCUT2D eigenvalue weighted by molar-refractivity contribution is -0.142. The lowest BCUT2D eigenvalue weighted by atomic mass is 9.57. The molecule has 0 unspecified atom stereocenters. The van der Waals surface area contributed by atoms with Crippen LogP contribution in [0.2, 0.25) is 0 Å².